The Morgan fingerprint density at radius 1 is 1.56 bits per heavy atom. The van der Waals surface area contributed by atoms with Gasteiger partial charge >= 0.3 is 0 Å². The molecule has 7 heteroatoms. The third-order valence-electron chi connectivity index (χ3n) is 2.14. The van der Waals surface area contributed by atoms with E-state index in [9.17, 15) is 8.42 Å². The fourth-order valence-electron chi connectivity index (χ4n) is 1.26. The molecule has 0 radical (unpaired) electrons. The molecular formula is C9H16ClN3O2S. The first-order valence-corrected chi connectivity index (χ1v) is 7.64. The van der Waals surface area contributed by atoms with E-state index >= 15 is 0 Å². The molecule has 1 atom stereocenters. The molecule has 1 unspecified atom stereocenters. The summed E-state index contributed by atoms with van der Waals surface area (Å²) in [5.41, 5.74) is 0.739. The van der Waals surface area contributed by atoms with Crippen molar-refractivity contribution in [2.24, 2.45) is 0 Å². The third kappa shape index (κ3) is 4.49. The summed E-state index contributed by atoms with van der Waals surface area (Å²) in [5, 5.41) is 7.70. The summed E-state index contributed by atoms with van der Waals surface area (Å²) < 4.78 is 23.5. The summed E-state index contributed by atoms with van der Waals surface area (Å²) in [6.45, 7) is 2.52. The molecule has 1 aromatic rings. The van der Waals surface area contributed by atoms with E-state index in [1.807, 2.05) is 6.92 Å². The van der Waals surface area contributed by atoms with Crippen LogP contribution in [0.4, 0.5) is 0 Å². The van der Waals surface area contributed by atoms with Crippen LogP contribution < -0.4 is 0 Å². The van der Waals surface area contributed by atoms with E-state index in [0.717, 1.165) is 12.1 Å². The van der Waals surface area contributed by atoms with E-state index in [1.54, 1.807) is 10.9 Å². The Kier molecular flexibility index (Phi) is 4.73. The van der Waals surface area contributed by atoms with Crippen LogP contribution >= 0.6 is 11.6 Å². The number of aryl methyl sites for hydroxylation is 1. The molecule has 0 aromatic carbocycles. The predicted molar refractivity (Wildman–Crippen MR) is 63.2 cm³/mol. The minimum absolute atomic E-state index is 0.122. The molecule has 0 fully saturated rings. The first-order chi connectivity index (χ1) is 7.42. The van der Waals surface area contributed by atoms with Crippen LogP contribution in [0, 0.1) is 0 Å². The molecule has 0 amide bonds. The van der Waals surface area contributed by atoms with Gasteiger partial charge in [-0.15, -0.1) is 16.7 Å². The fraction of sp³-hybridized carbons (Fsp3) is 0.778. The minimum atomic E-state index is -2.90. The zero-order chi connectivity index (χ0) is 12.2. The molecule has 1 rings (SSSR count). The standard InChI is InChI=1S/C9H16ClN3O2S/c1-3-8(10)9-7-13(12-11-9)5-4-6-16(2,14)15/h7-8H,3-6H2,1-2H3. The van der Waals surface area contributed by atoms with Crippen molar-refractivity contribution in [3.05, 3.63) is 11.9 Å². The Labute approximate surface area is 101 Å². The Morgan fingerprint density at radius 3 is 2.81 bits per heavy atom. The number of halogens is 1. The largest absolute Gasteiger partial charge is 0.252 e. The normalized spacial score (nSPS) is 13.9. The van der Waals surface area contributed by atoms with Gasteiger partial charge in [0.15, 0.2) is 0 Å². The second kappa shape index (κ2) is 5.63. The molecule has 0 spiro atoms. The van der Waals surface area contributed by atoms with E-state index in [2.05, 4.69) is 10.3 Å². The second-order valence-corrected chi connectivity index (χ2v) is 6.55. The van der Waals surface area contributed by atoms with Gasteiger partial charge < -0.3 is 0 Å². The van der Waals surface area contributed by atoms with Crippen LogP contribution in [-0.2, 0) is 16.4 Å². The second-order valence-electron chi connectivity index (χ2n) is 3.77. The lowest BCUT2D eigenvalue weighted by Gasteiger charge is -2.00. The Bertz CT molecular complexity index is 430. The highest BCUT2D eigenvalue weighted by Gasteiger charge is 2.10. The number of alkyl halides is 1. The maximum Gasteiger partial charge on any atom is 0.147 e. The van der Waals surface area contributed by atoms with Crippen molar-refractivity contribution in [3.8, 4) is 0 Å². The number of sulfone groups is 1. The van der Waals surface area contributed by atoms with E-state index in [4.69, 9.17) is 11.6 Å². The molecule has 0 saturated heterocycles. The summed E-state index contributed by atoms with van der Waals surface area (Å²) in [6, 6.07) is 0. The SMILES string of the molecule is CCC(Cl)c1cn(CCCS(C)(=O)=O)nn1. The first-order valence-electron chi connectivity index (χ1n) is 5.14. The molecule has 92 valence electrons. The number of hydrogen-bond donors (Lipinski definition) is 0. The van der Waals surface area contributed by atoms with Gasteiger partial charge in [-0.3, -0.25) is 4.68 Å². The van der Waals surface area contributed by atoms with E-state index < -0.39 is 9.84 Å². The van der Waals surface area contributed by atoms with Gasteiger partial charge in [0, 0.05) is 19.0 Å². The Hall–Kier alpha value is -0.620. The lowest BCUT2D eigenvalue weighted by Crippen LogP contribution is -2.07. The molecule has 0 N–H and O–H groups in total. The van der Waals surface area contributed by atoms with Crippen LogP contribution in [-0.4, -0.2) is 35.4 Å². The zero-order valence-corrected chi connectivity index (χ0v) is 11.0. The van der Waals surface area contributed by atoms with Gasteiger partial charge in [-0.1, -0.05) is 12.1 Å². The molecule has 16 heavy (non-hydrogen) atoms. The number of aromatic nitrogens is 3. The molecule has 0 aliphatic carbocycles. The van der Waals surface area contributed by atoms with Gasteiger partial charge in [0.25, 0.3) is 0 Å². The molecule has 0 aliphatic heterocycles. The van der Waals surface area contributed by atoms with Gasteiger partial charge in [-0.25, -0.2) is 8.42 Å². The number of hydrogen-bond acceptors (Lipinski definition) is 4. The molecule has 0 aliphatic rings. The van der Waals surface area contributed by atoms with Gasteiger partial charge in [-0.05, 0) is 12.8 Å². The van der Waals surface area contributed by atoms with Crippen LogP contribution in [0.1, 0.15) is 30.8 Å². The maximum atomic E-state index is 10.9. The smallest absolute Gasteiger partial charge is 0.147 e. The Balaban J connectivity index is 2.47. The first kappa shape index (κ1) is 13.4. The highest BCUT2D eigenvalue weighted by atomic mass is 35.5. The lowest BCUT2D eigenvalue weighted by atomic mass is 10.3. The number of nitrogens with zero attached hydrogens (tertiary/aromatic N) is 3. The van der Waals surface area contributed by atoms with Crippen LogP contribution in [0.3, 0.4) is 0 Å². The fourth-order valence-corrected chi connectivity index (χ4v) is 2.02. The summed E-state index contributed by atoms with van der Waals surface area (Å²) in [4.78, 5) is 0. The highest BCUT2D eigenvalue weighted by Crippen LogP contribution is 2.20. The Morgan fingerprint density at radius 2 is 2.25 bits per heavy atom. The summed E-state index contributed by atoms with van der Waals surface area (Å²) in [5.74, 6) is 0.167. The average molecular weight is 266 g/mol. The van der Waals surface area contributed by atoms with Gasteiger partial charge in [0.1, 0.15) is 15.5 Å². The topological polar surface area (TPSA) is 64.8 Å². The molecule has 0 bridgehead atoms. The highest BCUT2D eigenvalue weighted by molar-refractivity contribution is 7.90. The van der Waals surface area contributed by atoms with Crippen molar-refractivity contribution >= 4 is 21.4 Å². The van der Waals surface area contributed by atoms with E-state index in [1.165, 1.54) is 6.26 Å². The average Bonchev–Trinajstić information content (AvgIpc) is 2.63. The molecule has 5 nitrogen and oxygen atoms in total. The quantitative estimate of drug-likeness (QED) is 0.730. The zero-order valence-electron chi connectivity index (χ0n) is 9.43. The summed E-state index contributed by atoms with van der Waals surface area (Å²) >= 11 is 6.00. The molecule has 1 heterocycles. The van der Waals surface area contributed by atoms with Crippen molar-refractivity contribution in [2.75, 3.05) is 12.0 Å². The van der Waals surface area contributed by atoms with Crippen molar-refractivity contribution in [1.82, 2.24) is 15.0 Å². The van der Waals surface area contributed by atoms with Crippen LogP contribution in [0.25, 0.3) is 0 Å². The van der Waals surface area contributed by atoms with E-state index in [0.29, 0.717) is 13.0 Å². The maximum absolute atomic E-state index is 10.9. The monoisotopic (exact) mass is 265 g/mol. The van der Waals surface area contributed by atoms with Crippen LogP contribution in [0.2, 0.25) is 0 Å². The van der Waals surface area contributed by atoms with Crippen molar-refractivity contribution < 1.29 is 8.42 Å². The van der Waals surface area contributed by atoms with Crippen molar-refractivity contribution in [2.45, 2.75) is 31.7 Å². The van der Waals surface area contributed by atoms with Gasteiger partial charge in [-0.2, -0.15) is 0 Å². The molecule has 0 saturated carbocycles. The van der Waals surface area contributed by atoms with Crippen molar-refractivity contribution in [3.63, 3.8) is 0 Å². The van der Waals surface area contributed by atoms with Crippen molar-refractivity contribution in [1.29, 1.82) is 0 Å². The van der Waals surface area contributed by atoms with E-state index in [-0.39, 0.29) is 11.1 Å². The lowest BCUT2D eigenvalue weighted by molar-refractivity contribution is 0.564. The van der Waals surface area contributed by atoms with Crippen LogP contribution in [0.15, 0.2) is 6.20 Å². The van der Waals surface area contributed by atoms with Gasteiger partial charge in [0.2, 0.25) is 0 Å². The van der Waals surface area contributed by atoms with Gasteiger partial charge in [0.05, 0.1) is 11.1 Å². The minimum Gasteiger partial charge on any atom is -0.252 e. The summed E-state index contributed by atoms with van der Waals surface area (Å²) in [7, 11) is -2.90. The summed E-state index contributed by atoms with van der Waals surface area (Å²) in [6.07, 6.45) is 4.33. The third-order valence-corrected chi connectivity index (χ3v) is 3.70. The molecular weight excluding hydrogens is 250 g/mol. The predicted octanol–water partition coefficient (Wildman–Crippen LogP) is 1.40. The molecule has 1 aromatic heterocycles. The number of rotatable bonds is 6. The van der Waals surface area contributed by atoms with Crippen LogP contribution in [0.5, 0.6) is 0 Å².